The zero-order valence-electron chi connectivity index (χ0n) is 16.6. The highest BCUT2D eigenvalue weighted by atomic mass is 35.5. The number of ketones is 1. The van der Waals surface area contributed by atoms with E-state index < -0.39 is 0 Å². The van der Waals surface area contributed by atoms with Crippen molar-refractivity contribution in [2.45, 2.75) is 32.2 Å². The van der Waals surface area contributed by atoms with Crippen molar-refractivity contribution in [3.63, 3.8) is 0 Å². The summed E-state index contributed by atoms with van der Waals surface area (Å²) in [6.07, 6.45) is 3.03. The Morgan fingerprint density at radius 3 is 2.80 bits per heavy atom. The minimum absolute atomic E-state index is 0. The highest BCUT2D eigenvalue weighted by molar-refractivity contribution is 7.11. The lowest BCUT2D eigenvalue weighted by molar-refractivity contribution is -0.122. The molecule has 0 bridgehead atoms. The lowest BCUT2D eigenvalue weighted by atomic mass is 9.92. The molecule has 1 aromatic carbocycles. The number of amides is 1. The van der Waals surface area contributed by atoms with Crippen LogP contribution in [0.15, 0.2) is 30.3 Å². The van der Waals surface area contributed by atoms with Gasteiger partial charge in [0, 0.05) is 34.7 Å². The third kappa shape index (κ3) is 4.15. The van der Waals surface area contributed by atoms with Gasteiger partial charge < -0.3 is 15.2 Å². The summed E-state index contributed by atoms with van der Waals surface area (Å²) in [6.45, 7) is 3.08. The van der Waals surface area contributed by atoms with Gasteiger partial charge in [-0.1, -0.05) is 18.2 Å². The maximum absolute atomic E-state index is 13.0. The maximum Gasteiger partial charge on any atom is 0.270 e. The van der Waals surface area contributed by atoms with Crippen LogP contribution in [0.3, 0.4) is 0 Å². The zero-order chi connectivity index (χ0) is 19.8. The van der Waals surface area contributed by atoms with Gasteiger partial charge in [-0.3, -0.25) is 9.59 Å². The van der Waals surface area contributed by atoms with Gasteiger partial charge in [0.15, 0.2) is 0 Å². The number of para-hydroxylation sites is 1. The van der Waals surface area contributed by atoms with Crippen LogP contribution in [0.5, 0.6) is 0 Å². The number of carbonyl (C=O) groups is 2. The summed E-state index contributed by atoms with van der Waals surface area (Å²) in [5, 5.41) is 5.25. The van der Waals surface area contributed by atoms with Gasteiger partial charge in [0.1, 0.15) is 16.5 Å². The molecule has 2 aromatic heterocycles. The molecule has 0 aliphatic carbocycles. The van der Waals surface area contributed by atoms with Gasteiger partial charge in [0.25, 0.3) is 5.91 Å². The summed E-state index contributed by atoms with van der Waals surface area (Å²) >= 11 is 1.60. The Labute approximate surface area is 185 Å². The van der Waals surface area contributed by atoms with E-state index in [0.717, 1.165) is 58.8 Å². The molecule has 5 rings (SSSR count). The predicted molar refractivity (Wildman–Crippen MR) is 120 cm³/mol. The summed E-state index contributed by atoms with van der Waals surface area (Å²) < 4.78 is 0. The van der Waals surface area contributed by atoms with Crippen molar-refractivity contribution in [2.75, 3.05) is 19.6 Å². The van der Waals surface area contributed by atoms with E-state index in [0.29, 0.717) is 31.0 Å². The molecule has 1 saturated heterocycles. The van der Waals surface area contributed by atoms with Crippen molar-refractivity contribution in [1.29, 1.82) is 0 Å². The molecule has 2 N–H and O–H groups in total. The van der Waals surface area contributed by atoms with Gasteiger partial charge >= 0.3 is 0 Å². The van der Waals surface area contributed by atoms with Crippen molar-refractivity contribution >= 4 is 46.3 Å². The highest BCUT2D eigenvalue weighted by Gasteiger charge is 2.27. The lowest BCUT2D eigenvalue weighted by Crippen LogP contribution is -2.35. The van der Waals surface area contributed by atoms with Crippen LogP contribution >= 0.6 is 23.7 Å². The number of carbonyl (C=O) groups excluding carboxylic acids is 2. The number of aromatic nitrogens is 2. The Morgan fingerprint density at radius 1 is 1.20 bits per heavy atom. The molecule has 2 aliphatic heterocycles. The molecule has 6 nitrogen and oxygen atoms in total. The molecule has 8 heteroatoms. The normalized spacial score (nSPS) is 16.9. The van der Waals surface area contributed by atoms with Crippen LogP contribution in [0.25, 0.3) is 10.9 Å². The van der Waals surface area contributed by atoms with Crippen LogP contribution in [-0.4, -0.2) is 46.2 Å². The SMILES string of the molecule is Cl.O=C(Cc1nc2c(s1)CN(C(=O)c1cc3ccccc3[nH]1)CC2)C1CCNCC1. The predicted octanol–water partition coefficient (Wildman–Crippen LogP) is 3.36. The number of thiazole rings is 1. The Kier molecular flexibility index (Phi) is 6.22. The number of hydrogen-bond donors (Lipinski definition) is 2. The number of piperidine rings is 1. The molecule has 2 aliphatic rings. The monoisotopic (exact) mass is 444 g/mol. The van der Waals surface area contributed by atoms with Crippen LogP contribution in [-0.2, 0) is 24.2 Å². The van der Waals surface area contributed by atoms with Gasteiger partial charge in [0.05, 0.1) is 18.7 Å². The molecule has 3 aromatic rings. The van der Waals surface area contributed by atoms with Crippen LogP contribution in [0.2, 0.25) is 0 Å². The molecule has 30 heavy (non-hydrogen) atoms. The van der Waals surface area contributed by atoms with E-state index in [9.17, 15) is 9.59 Å². The van der Waals surface area contributed by atoms with E-state index in [1.165, 1.54) is 0 Å². The Morgan fingerprint density at radius 2 is 2.00 bits per heavy atom. The van der Waals surface area contributed by atoms with Gasteiger partial charge in [-0.05, 0) is 38.1 Å². The number of halogens is 1. The van der Waals surface area contributed by atoms with E-state index in [2.05, 4.69) is 10.3 Å². The first kappa shape index (κ1) is 21.0. The van der Waals surface area contributed by atoms with Gasteiger partial charge in [0.2, 0.25) is 0 Å². The first-order valence-corrected chi connectivity index (χ1v) is 11.1. The van der Waals surface area contributed by atoms with E-state index in [-0.39, 0.29) is 24.2 Å². The number of nitrogens with one attached hydrogen (secondary N) is 2. The fourth-order valence-electron chi connectivity index (χ4n) is 4.29. The van der Waals surface area contributed by atoms with Crippen molar-refractivity contribution in [2.24, 2.45) is 5.92 Å². The fourth-order valence-corrected chi connectivity index (χ4v) is 5.43. The quantitative estimate of drug-likeness (QED) is 0.646. The van der Waals surface area contributed by atoms with Gasteiger partial charge in [-0.2, -0.15) is 0 Å². The summed E-state index contributed by atoms with van der Waals surface area (Å²) in [7, 11) is 0. The van der Waals surface area contributed by atoms with Crippen molar-refractivity contribution in [3.05, 3.63) is 51.6 Å². The Bertz CT molecular complexity index is 1040. The topological polar surface area (TPSA) is 78.1 Å². The first-order chi connectivity index (χ1) is 14.2. The average molecular weight is 445 g/mol. The molecule has 0 unspecified atom stereocenters. The molecule has 1 fully saturated rings. The first-order valence-electron chi connectivity index (χ1n) is 10.3. The summed E-state index contributed by atoms with van der Waals surface area (Å²) in [4.78, 5) is 36.5. The van der Waals surface area contributed by atoms with Gasteiger partial charge in [-0.15, -0.1) is 23.7 Å². The number of Topliss-reactive ketones (excluding diaryl/α,β-unsaturated/α-hetero) is 1. The maximum atomic E-state index is 13.0. The lowest BCUT2D eigenvalue weighted by Gasteiger charge is -2.25. The molecule has 0 spiro atoms. The number of hydrogen-bond acceptors (Lipinski definition) is 5. The summed E-state index contributed by atoms with van der Waals surface area (Å²) in [6, 6.07) is 9.84. The molecular formula is C22H25ClN4O2S. The summed E-state index contributed by atoms with van der Waals surface area (Å²) in [5.41, 5.74) is 2.66. The minimum Gasteiger partial charge on any atom is -0.351 e. The second-order valence-electron chi connectivity index (χ2n) is 7.89. The molecule has 0 radical (unpaired) electrons. The highest BCUT2D eigenvalue weighted by Crippen LogP contribution is 2.28. The van der Waals surface area contributed by atoms with Crippen molar-refractivity contribution < 1.29 is 9.59 Å². The number of aromatic amines is 1. The second kappa shape index (κ2) is 8.88. The molecule has 1 amide bonds. The number of rotatable bonds is 4. The molecule has 0 saturated carbocycles. The standard InChI is InChI=1S/C22H24N4O2S.ClH/c27-19(14-5-8-23-9-6-14)12-21-25-17-7-10-26(13-20(17)29-21)22(28)18-11-15-3-1-2-4-16(15)24-18;/h1-4,11,14,23-24H,5-10,12-13H2;1H. The number of H-pyrrole nitrogens is 1. The largest absolute Gasteiger partial charge is 0.351 e. The van der Waals surface area contributed by atoms with Crippen LogP contribution in [0.4, 0.5) is 0 Å². The smallest absolute Gasteiger partial charge is 0.270 e. The summed E-state index contributed by atoms with van der Waals surface area (Å²) in [5.74, 6) is 0.494. The second-order valence-corrected chi connectivity index (χ2v) is 9.06. The van der Waals surface area contributed by atoms with Crippen molar-refractivity contribution in [1.82, 2.24) is 20.2 Å². The van der Waals surface area contributed by atoms with Crippen LogP contribution in [0.1, 0.15) is 38.9 Å². The van der Waals surface area contributed by atoms with E-state index in [4.69, 9.17) is 4.98 Å². The average Bonchev–Trinajstić information content (AvgIpc) is 3.36. The molecular weight excluding hydrogens is 420 g/mol. The third-order valence-electron chi connectivity index (χ3n) is 5.94. The van der Waals surface area contributed by atoms with E-state index >= 15 is 0 Å². The van der Waals surface area contributed by atoms with Gasteiger partial charge in [-0.25, -0.2) is 4.98 Å². The fraction of sp³-hybridized carbons (Fsp3) is 0.409. The van der Waals surface area contributed by atoms with Crippen LogP contribution < -0.4 is 5.32 Å². The van der Waals surface area contributed by atoms with E-state index in [1.807, 2.05) is 35.2 Å². The van der Waals surface area contributed by atoms with Crippen molar-refractivity contribution in [3.8, 4) is 0 Å². The molecule has 0 atom stereocenters. The molecule has 158 valence electrons. The van der Waals surface area contributed by atoms with Crippen LogP contribution in [0, 0.1) is 5.92 Å². The number of fused-ring (bicyclic) bond motifs is 2. The number of benzene rings is 1. The third-order valence-corrected chi connectivity index (χ3v) is 7.03. The number of nitrogens with zero attached hydrogens (tertiary/aromatic N) is 2. The minimum atomic E-state index is 0. The van der Waals surface area contributed by atoms with E-state index in [1.54, 1.807) is 11.3 Å². The Balaban J connectivity index is 0.00000218. The Hall–Kier alpha value is -2.22. The molecule has 4 heterocycles. The zero-order valence-corrected chi connectivity index (χ0v) is 18.3.